The molecule has 7 nitrogen and oxygen atoms in total. The second-order valence-corrected chi connectivity index (χ2v) is 4.03. The lowest BCUT2D eigenvalue weighted by Crippen LogP contribution is -2.15. The van der Waals surface area contributed by atoms with Gasteiger partial charge in [0.1, 0.15) is 5.69 Å². The SMILES string of the molecule is Cn1cc([N+](=O)[O-])cc1C(=O)Nc1ccc(N)cc1. The van der Waals surface area contributed by atoms with Gasteiger partial charge in [-0.05, 0) is 24.3 Å². The van der Waals surface area contributed by atoms with Crippen molar-refractivity contribution in [1.82, 2.24) is 4.57 Å². The highest BCUT2D eigenvalue weighted by Crippen LogP contribution is 2.17. The smallest absolute Gasteiger partial charge is 0.287 e. The molecule has 0 radical (unpaired) electrons. The molecule has 0 spiro atoms. The summed E-state index contributed by atoms with van der Waals surface area (Å²) in [7, 11) is 1.57. The molecule has 1 aromatic heterocycles. The molecule has 0 aliphatic carbocycles. The van der Waals surface area contributed by atoms with Crippen molar-refractivity contribution in [1.29, 1.82) is 0 Å². The molecule has 98 valence electrons. The van der Waals surface area contributed by atoms with E-state index in [0.29, 0.717) is 11.4 Å². The van der Waals surface area contributed by atoms with Crippen molar-refractivity contribution in [2.75, 3.05) is 11.1 Å². The van der Waals surface area contributed by atoms with Crippen molar-refractivity contribution in [3.8, 4) is 0 Å². The Morgan fingerprint density at radius 3 is 2.53 bits per heavy atom. The number of hydrogen-bond donors (Lipinski definition) is 2. The molecule has 0 atom stereocenters. The number of benzene rings is 1. The van der Waals surface area contributed by atoms with E-state index in [1.165, 1.54) is 16.8 Å². The van der Waals surface area contributed by atoms with Crippen LogP contribution in [0.1, 0.15) is 10.5 Å². The minimum Gasteiger partial charge on any atom is -0.399 e. The lowest BCUT2D eigenvalue weighted by atomic mass is 10.2. The molecule has 0 saturated carbocycles. The first-order valence-electron chi connectivity index (χ1n) is 5.45. The molecule has 1 heterocycles. The number of nitrogen functional groups attached to an aromatic ring is 1. The van der Waals surface area contributed by atoms with Crippen LogP contribution < -0.4 is 11.1 Å². The highest BCUT2D eigenvalue weighted by atomic mass is 16.6. The first-order chi connectivity index (χ1) is 8.97. The zero-order valence-corrected chi connectivity index (χ0v) is 10.2. The monoisotopic (exact) mass is 260 g/mol. The maximum absolute atomic E-state index is 12.0. The van der Waals surface area contributed by atoms with Crippen molar-refractivity contribution in [2.24, 2.45) is 7.05 Å². The van der Waals surface area contributed by atoms with E-state index >= 15 is 0 Å². The molecule has 0 aliphatic rings. The number of rotatable bonds is 3. The van der Waals surface area contributed by atoms with Crippen LogP contribution in [0.2, 0.25) is 0 Å². The van der Waals surface area contributed by atoms with Crippen LogP contribution in [0, 0.1) is 10.1 Å². The molecule has 2 rings (SSSR count). The van der Waals surface area contributed by atoms with Crippen molar-refractivity contribution in [2.45, 2.75) is 0 Å². The second kappa shape index (κ2) is 4.81. The Morgan fingerprint density at radius 2 is 2.00 bits per heavy atom. The van der Waals surface area contributed by atoms with Crippen molar-refractivity contribution < 1.29 is 9.72 Å². The van der Waals surface area contributed by atoms with Crippen LogP contribution in [-0.4, -0.2) is 15.4 Å². The highest BCUT2D eigenvalue weighted by Gasteiger charge is 2.17. The standard InChI is InChI=1S/C12H12N4O3/c1-15-7-10(16(18)19)6-11(15)12(17)14-9-4-2-8(13)3-5-9/h2-7H,13H2,1H3,(H,14,17). The first kappa shape index (κ1) is 12.6. The molecule has 3 N–H and O–H groups in total. The molecule has 0 bridgehead atoms. The number of aromatic nitrogens is 1. The number of amides is 1. The summed E-state index contributed by atoms with van der Waals surface area (Å²) in [4.78, 5) is 22.1. The van der Waals surface area contributed by atoms with Crippen LogP contribution in [0.4, 0.5) is 17.1 Å². The highest BCUT2D eigenvalue weighted by molar-refractivity contribution is 6.03. The van der Waals surface area contributed by atoms with Crippen LogP contribution in [0.3, 0.4) is 0 Å². The van der Waals surface area contributed by atoms with Gasteiger partial charge in [0.05, 0.1) is 11.1 Å². The van der Waals surface area contributed by atoms with E-state index in [2.05, 4.69) is 5.32 Å². The summed E-state index contributed by atoms with van der Waals surface area (Å²) in [6, 6.07) is 7.86. The Bertz CT molecular complexity index is 631. The van der Waals surface area contributed by atoms with E-state index in [9.17, 15) is 14.9 Å². The van der Waals surface area contributed by atoms with Crippen LogP contribution in [0.15, 0.2) is 36.5 Å². The van der Waals surface area contributed by atoms with Crippen molar-refractivity contribution in [3.05, 3.63) is 52.3 Å². The Labute approximate surface area is 108 Å². The summed E-state index contributed by atoms with van der Waals surface area (Å²) in [5.41, 5.74) is 6.79. The molecule has 1 amide bonds. The minimum atomic E-state index is -0.542. The number of carbonyl (C=O) groups is 1. The number of nitrogens with two attached hydrogens (primary N) is 1. The van der Waals surface area contributed by atoms with Crippen molar-refractivity contribution >= 4 is 23.0 Å². The topological polar surface area (TPSA) is 103 Å². The fourth-order valence-electron chi connectivity index (χ4n) is 1.63. The largest absolute Gasteiger partial charge is 0.399 e. The molecule has 0 saturated heterocycles. The third-order valence-electron chi connectivity index (χ3n) is 2.60. The number of hydrogen-bond acceptors (Lipinski definition) is 4. The Hall–Kier alpha value is -2.83. The maximum Gasteiger partial charge on any atom is 0.287 e. The zero-order valence-electron chi connectivity index (χ0n) is 10.2. The lowest BCUT2D eigenvalue weighted by Gasteiger charge is -2.05. The van der Waals surface area contributed by atoms with Gasteiger partial charge in [0.25, 0.3) is 11.6 Å². The van der Waals surface area contributed by atoms with Gasteiger partial charge in [-0.3, -0.25) is 14.9 Å². The Morgan fingerprint density at radius 1 is 1.37 bits per heavy atom. The molecule has 19 heavy (non-hydrogen) atoms. The summed E-state index contributed by atoms with van der Waals surface area (Å²) >= 11 is 0. The zero-order chi connectivity index (χ0) is 14.0. The first-order valence-corrected chi connectivity index (χ1v) is 5.45. The molecule has 1 aromatic carbocycles. The van der Waals surface area contributed by atoms with Gasteiger partial charge in [0, 0.05) is 24.5 Å². The molecule has 2 aromatic rings. The average Bonchev–Trinajstić information content (AvgIpc) is 2.74. The average molecular weight is 260 g/mol. The van der Waals surface area contributed by atoms with Crippen LogP contribution in [0.5, 0.6) is 0 Å². The van der Waals surface area contributed by atoms with E-state index in [0.717, 1.165) is 0 Å². The third kappa shape index (κ3) is 2.71. The number of aryl methyl sites for hydroxylation is 1. The van der Waals surface area contributed by atoms with Gasteiger partial charge in [0.2, 0.25) is 0 Å². The number of nitrogens with one attached hydrogen (secondary N) is 1. The number of nitrogens with zero attached hydrogens (tertiary/aromatic N) is 2. The Kier molecular flexibility index (Phi) is 3.19. The number of carbonyl (C=O) groups excluding carboxylic acids is 1. The van der Waals surface area contributed by atoms with Crippen LogP contribution in [-0.2, 0) is 7.05 Å². The van der Waals surface area contributed by atoms with E-state index in [1.807, 2.05) is 0 Å². The fourth-order valence-corrected chi connectivity index (χ4v) is 1.63. The minimum absolute atomic E-state index is 0.120. The third-order valence-corrected chi connectivity index (χ3v) is 2.60. The number of nitro groups is 1. The van der Waals surface area contributed by atoms with Gasteiger partial charge >= 0.3 is 0 Å². The van der Waals surface area contributed by atoms with E-state index < -0.39 is 10.8 Å². The van der Waals surface area contributed by atoms with Gasteiger partial charge in [-0.15, -0.1) is 0 Å². The molecular weight excluding hydrogens is 248 g/mol. The van der Waals surface area contributed by atoms with Crippen molar-refractivity contribution in [3.63, 3.8) is 0 Å². The van der Waals surface area contributed by atoms with E-state index in [-0.39, 0.29) is 11.4 Å². The van der Waals surface area contributed by atoms with Gasteiger partial charge < -0.3 is 15.6 Å². The quantitative estimate of drug-likeness (QED) is 0.498. The summed E-state index contributed by atoms with van der Waals surface area (Å²) in [5.74, 6) is -0.416. The summed E-state index contributed by atoms with van der Waals surface area (Å²) in [6.45, 7) is 0. The maximum atomic E-state index is 12.0. The molecular formula is C12H12N4O3. The van der Waals surface area contributed by atoms with Crippen LogP contribution in [0.25, 0.3) is 0 Å². The lowest BCUT2D eigenvalue weighted by molar-refractivity contribution is -0.384. The summed E-state index contributed by atoms with van der Waals surface area (Å²) in [5, 5.41) is 13.3. The van der Waals surface area contributed by atoms with E-state index in [4.69, 9.17) is 5.73 Å². The van der Waals surface area contributed by atoms with E-state index in [1.54, 1.807) is 31.3 Å². The summed E-state index contributed by atoms with van der Waals surface area (Å²) < 4.78 is 1.41. The molecule has 0 aliphatic heterocycles. The van der Waals surface area contributed by atoms with Crippen LogP contribution >= 0.6 is 0 Å². The molecule has 7 heteroatoms. The molecule has 0 fully saturated rings. The number of anilines is 2. The van der Waals surface area contributed by atoms with Gasteiger partial charge in [-0.1, -0.05) is 0 Å². The predicted octanol–water partition coefficient (Wildman–Crippen LogP) is 1.77. The predicted molar refractivity (Wildman–Crippen MR) is 70.9 cm³/mol. The van der Waals surface area contributed by atoms with Gasteiger partial charge in [-0.2, -0.15) is 0 Å². The fraction of sp³-hybridized carbons (Fsp3) is 0.0833. The Balaban J connectivity index is 2.20. The normalized spacial score (nSPS) is 10.2. The van der Waals surface area contributed by atoms with Gasteiger partial charge in [0.15, 0.2) is 0 Å². The molecule has 0 unspecified atom stereocenters. The van der Waals surface area contributed by atoms with Gasteiger partial charge in [-0.25, -0.2) is 0 Å². The second-order valence-electron chi connectivity index (χ2n) is 4.03. The summed E-state index contributed by atoms with van der Waals surface area (Å²) in [6.07, 6.45) is 1.29.